The molecule has 9 nitrogen and oxygen atoms in total. The number of likely N-dealkylation sites (N-methyl/N-ethyl adjacent to an activating group) is 1. The summed E-state index contributed by atoms with van der Waals surface area (Å²) in [6.45, 7) is 4.87. The molecular weight excluding hydrogens is 458 g/mol. The summed E-state index contributed by atoms with van der Waals surface area (Å²) in [5.41, 5.74) is 1.75. The molecule has 1 N–H and O–H groups in total. The minimum absolute atomic E-state index is 0.0581. The Morgan fingerprint density at radius 3 is 2.78 bits per heavy atom. The highest BCUT2D eigenvalue weighted by molar-refractivity contribution is 5.97. The molecule has 0 bridgehead atoms. The molecule has 0 saturated carbocycles. The summed E-state index contributed by atoms with van der Waals surface area (Å²) in [4.78, 5) is 40.1. The molecule has 192 valence electrons. The number of aliphatic hydroxyl groups is 1. The van der Waals surface area contributed by atoms with E-state index in [2.05, 4.69) is 21.8 Å². The van der Waals surface area contributed by atoms with E-state index in [9.17, 15) is 14.7 Å². The molecule has 2 aromatic rings. The monoisotopic (exact) mass is 493 g/mol. The molecule has 3 heterocycles. The van der Waals surface area contributed by atoms with E-state index in [-0.39, 0.29) is 42.7 Å². The topological polar surface area (TPSA) is 99.1 Å². The highest BCUT2D eigenvalue weighted by Crippen LogP contribution is 2.27. The van der Waals surface area contributed by atoms with E-state index in [0.29, 0.717) is 30.8 Å². The highest BCUT2D eigenvalue weighted by atomic mass is 16.5. The van der Waals surface area contributed by atoms with Crippen LogP contribution in [0.2, 0.25) is 0 Å². The van der Waals surface area contributed by atoms with Gasteiger partial charge in [0, 0.05) is 43.7 Å². The van der Waals surface area contributed by atoms with Crippen molar-refractivity contribution in [3.8, 4) is 17.7 Å². The largest absolute Gasteiger partial charge is 0.472 e. The molecule has 3 atom stereocenters. The smallest absolute Gasteiger partial charge is 0.259 e. The zero-order valence-corrected chi connectivity index (χ0v) is 21.6. The maximum atomic E-state index is 13.5. The number of aromatic nitrogens is 2. The minimum atomic E-state index is -0.411. The number of hydrogen-bond donors (Lipinski definition) is 1. The van der Waals surface area contributed by atoms with Crippen molar-refractivity contribution in [1.29, 1.82) is 0 Å². The Kier molecular flexibility index (Phi) is 9.39. The van der Waals surface area contributed by atoms with E-state index >= 15 is 0 Å². The van der Waals surface area contributed by atoms with Gasteiger partial charge in [-0.25, -0.2) is 4.98 Å². The van der Waals surface area contributed by atoms with E-state index in [1.165, 1.54) is 0 Å². The molecule has 0 saturated heterocycles. The number of ether oxygens (including phenoxy) is 1. The van der Waals surface area contributed by atoms with Crippen LogP contribution in [0.3, 0.4) is 0 Å². The van der Waals surface area contributed by atoms with Gasteiger partial charge in [-0.3, -0.25) is 19.5 Å². The minimum Gasteiger partial charge on any atom is -0.472 e. The average Bonchev–Trinajstić information content (AvgIpc) is 2.86. The molecule has 2 aromatic heterocycles. The summed E-state index contributed by atoms with van der Waals surface area (Å²) in [7, 11) is 5.60. The Labute approximate surface area is 213 Å². The van der Waals surface area contributed by atoms with Gasteiger partial charge in [-0.15, -0.1) is 0 Å². The van der Waals surface area contributed by atoms with Gasteiger partial charge in [0.05, 0.1) is 32.2 Å². The predicted octanol–water partition coefficient (Wildman–Crippen LogP) is 1.31. The molecule has 1 aliphatic heterocycles. The molecule has 0 radical (unpaired) electrons. The molecule has 0 spiro atoms. The van der Waals surface area contributed by atoms with Crippen LogP contribution >= 0.6 is 0 Å². The van der Waals surface area contributed by atoms with E-state index in [1.807, 2.05) is 32.0 Å². The number of carbonyl (C=O) groups excluding carboxylic acids is 2. The first-order valence-electron chi connectivity index (χ1n) is 12.0. The van der Waals surface area contributed by atoms with Crippen molar-refractivity contribution in [1.82, 2.24) is 24.7 Å². The second-order valence-corrected chi connectivity index (χ2v) is 9.55. The Balaban J connectivity index is 1.87. The van der Waals surface area contributed by atoms with Crippen molar-refractivity contribution in [2.75, 3.05) is 47.4 Å². The van der Waals surface area contributed by atoms with Gasteiger partial charge in [-0.2, -0.15) is 0 Å². The number of carbonyl (C=O) groups is 2. The summed E-state index contributed by atoms with van der Waals surface area (Å²) < 4.78 is 6.27. The average molecular weight is 494 g/mol. The molecule has 9 heteroatoms. The van der Waals surface area contributed by atoms with Crippen molar-refractivity contribution in [3.05, 3.63) is 53.5 Å². The van der Waals surface area contributed by atoms with Crippen LogP contribution < -0.4 is 4.74 Å². The number of aliphatic hydroxyl groups excluding tert-OH is 1. The van der Waals surface area contributed by atoms with Crippen molar-refractivity contribution < 1.29 is 19.4 Å². The van der Waals surface area contributed by atoms with Gasteiger partial charge in [0.25, 0.3) is 5.91 Å². The Morgan fingerprint density at radius 2 is 2.11 bits per heavy atom. The maximum absolute atomic E-state index is 13.5. The van der Waals surface area contributed by atoms with Crippen molar-refractivity contribution in [2.45, 2.75) is 32.4 Å². The fourth-order valence-electron chi connectivity index (χ4n) is 3.87. The summed E-state index contributed by atoms with van der Waals surface area (Å²) >= 11 is 0. The lowest BCUT2D eigenvalue weighted by atomic mass is 9.99. The number of pyridine rings is 2. The number of rotatable bonds is 7. The van der Waals surface area contributed by atoms with Crippen LogP contribution in [0.1, 0.15) is 35.3 Å². The van der Waals surface area contributed by atoms with E-state index < -0.39 is 6.10 Å². The van der Waals surface area contributed by atoms with Gasteiger partial charge in [0.15, 0.2) is 0 Å². The highest BCUT2D eigenvalue weighted by Gasteiger charge is 2.34. The fourth-order valence-corrected chi connectivity index (χ4v) is 3.87. The SMILES string of the molecule is C[C@@H]1CN([C@@H](C)CO)C(=O)c2cc(C#CCN(C)C)cnc2O[C@@H]1CN(C)C(=O)Cc1cccnc1. The second-order valence-electron chi connectivity index (χ2n) is 9.55. The lowest BCUT2D eigenvalue weighted by Crippen LogP contribution is -2.50. The van der Waals surface area contributed by atoms with Crippen LogP contribution in [-0.4, -0.2) is 101 Å². The van der Waals surface area contributed by atoms with Gasteiger partial charge < -0.3 is 19.6 Å². The third-order valence-corrected chi connectivity index (χ3v) is 6.11. The molecule has 0 fully saturated rings. The quantitative estimate of drug-likeness (QED) is 0.581. The summed E-state index contributed by atoms with van der Waals surface area (Å²) in [5, 5.41) is 9.82. The molecular formula is C27H35N5O4. The Hall–Kier alpha value is -3.48. The van der Waals surface area contributed by atoms with Crippen LogP contribution in [0.4, 0.5) is 0 Å². The van der Waals surface area contributed by atoms with E-state index in [0.717, 1.165) is 5.56 Å². The lowest BCUT2D eigenvalue weighted by Gasteiger charge is -2.37. The van der Waals surface area contributed by atoms with Crippen molar-refractivity contribution >= 4 is 11.8 Å². The van der Waals surface area contributed by atoms with Crippen LogP contribution in [-0.2, 0) is 11.2 Å². The van der Waals surface area contributed by atoms with E-state index in [4.69, 9.17) is 4.74 Å². The molecule has 0 unspecified atom stereocenters. The van der Waals surface area contributed by atoms with Crippen LogP contribution in [0.5, 0.6) is 5.88 Å². The first kappa shape index (κ1) is 27.1. The van der Waals surface area contributed by atoms with Crippen molar-refractivity contribution in [2.24, 2.45) is 5.92 Å². The van der Waals surface area contributed by atoms with Crippen molar-refractivity contribution in [3.63, 3.8) is 0 Å². The number of fused-ring (bicyclic) bond motifs is 1. The zero-order chi connectivity index (χ0) is 26.2. The summed E-state index contributed by atoms with van der Waals surface area (Å²) in [5.74, 6) is 5.86. The van der Waals surface area contributed by atoms with Crippen LogP contribution in [0.25, 0.3) is 0 Å². The molecule has 2 amide bonds. The number of amides is 2. The summed E-state index contributed by atoms with van der Waals surface area (Å²) in [6.07, 6.45) is 4.77. The van der Waals surface area contributed by atoms with Gasteiger partial charge in [-0.05, 0) is 38.7 Å². The maximum Gasteiger partial charge on any atom is 0.259 e. The standard InChI is InChI=1S/C27H35N5O4/c1-19-16-32(20(2)18-33)27(35)23-12-21(9-7-11-30(3)4)15-29-26(23)36-24(19)17-31(5)25(34)13-22-8-6-10-28-14-22/h6,8,10,12,14-15,19-20,24,33H,11,13,16-18H2,1-5H3/t19-,20+,24-/m1/s1. The van der Waals surface area contributed by atoms with Gasteiger partial charge in [0.2, 0.25) is 11.8 Å². The Morgan fingerprint density at radius 1 is 1.33 bits per heavy atom. The fraction of sp³-hybridized carbons (Fsp3) is 0.481. The normalized spacial score (nSPS) is 18.3. The van der Waals surface area contributed by atoms with Crippen LogP contribution in [0, 0.1) is 17.8 Å². The first-order valence-corrected chi connectivity index (χ1v) is 12.0. The lowest BCUT2D eigenvalue weighted by molar-refractivity contribution is -0.130. The van der Waals surface area contributed by atoms with Gasteiger partial charge >= 0.3 is 0 Å². The van der Waals surface area contributed by atoms with Crippen LogP contribution in [0.15, 0.2) is 36.8 Å². The number of hydrogen-bond acceptors (Lipinski definition) is 7. The first-order chi connectivity index (χ1) is 17.2. The predicted molar refractivity (Wildman–Crippen MR) is 136 cm³/mol. The zero-order valence-electron chi connectivity index (χ0n) is 21.6. The third-order valence-electron chi connectivity index (χ3n) is 6.11. The molecule has 1 aliphatic rings. The molecule has 36 heavy (non-hydrogen) atoms. The molecule has 0 aliphatic carbocycles. The summed E-state index contributed by atoms with van der Waals surface area (Å²) in [6, 6.07) is 4.97. The second kappa shape index (κ2) is 12.5. The molecule has 0 aromatic carbocycles. The Bertz CT molecular complexity index is 1110. The van der Waals surface area contributed by atoms with Gasteiger partial charge in [-0.1, -0.05) is 24.8 Å². The third kappa shape index (κ3) is 7.03. The van der Waals surface area contributed by atoms with Gasteiger partial charge in [0.1, 0.15) is 11.7 Å². The number of nitrogens with zero attached hydrogens (tertiary/aromatic N) is 5. The molecule has 3 rings (SSSR count). The van der Waals surface area contributed by atoms with E-state index in [1.54, 1.807) is 54.5 Å².